The number of likely N-dealkylation sites (tertiary alicyclic amines) is 1. The number of ether oxygens (including phenoxy) is 1. The number of amides is 1. The van der Waals surface area contributed by atoms with Crippen LogP contribution in [0.1, 0.15) is 23.7 Å². The molecule has 1 saturated heterocycles. The number of carbonyl (C=O) groups is 1. The second-order valence-electron chi connectivity index (χ2n) is 5.33. The fourth-order valence-electron chi connectivity index (χ4n) is 2.69. The van der Waals surface area contributed by atoms with Crippen LogP contribution >= 0.6 is 22.9 Å². The van der Waals surface area contributed by atoms with Crippen LogP contribution < -0.4 is 0 Å². The summed E-state index contributed by atoms with van der Waals surface area (Å²) in [5, 5.41) is 6.95. The number of nitrogens with one attached hydrogen (secondary N) is 1. The third-order valence-corrected chi connectivity index (χ3v) is 5.07. The molecule has 2 aromatic heterocycles. The lowest BCUT2D eigenvalue weighted by atomic mass is 10.1. The Hall–Kier alpha value is -1.37. The molecule has 1 fully saturated rings. The SMILES string of the molecule is CCOCC1CCN(C(=O)c2cn[nH]c2-c2ccc(Cl)s2)C1. The maximum absolute atomic E-state index is 12.7. The summed E-state index contributed by atoms with van der Waals surface area (Å²) in [5.74, 6) is 0.447. The Morgan fingerprint density at radius 2 is 2.45 bits per heavy atom. The third kappa shape index (κ3) is 3.19. The number of H-pyrrole nitrogens is 1. The van der Waals surface area contributed by atoms with Gasteiger partial charge in [0, 0.05) is 25.6 Å². The number of halogens is 1. The van der Waals surface area contributed by atoms with E-state index in [0.717, 1.165) is 43.3 Å². The number of hydrogen-bond acceptors (Lipinski definition) is 4. The van der Waals surface area contributed by atoms with Gasteiger partial charge in [0.15, 0.2) is 0 Å². The average Bonchev–Trinajstić information content (AvgIpc) is 3.24. The average molecular weight is 340 g/mol. The monoisotopic (exact) mass is 339 g/mol. The Kier molecular flexibility index (Phi) is 4.81. The zero-order valence-electron chi connectivity index (χ0n) is 12.3. The lowest BCUT2D eigenvalue weighted by molar-refractivity contribution is 0.0763. The fraction of sp³-hybridized carbons (Fsp3) is 0.467. The molecular weight excluding hydrogens is 322 g/mol. The highest BCUT2D eigenvalue weighted by molar-refractivity contribution is 7.19. The van der Waals surface area contributed by atoms with Gasteiger partial charge in [0.2, 0.25) is 0 Å². The van der Waals surface area contributed by atoms with E-state index in [1.807, 2.05) is 24.0 Å². The number of aromatic amines is 1. The van der Waals surface area contributed by atoms with Gasteiger partial charge in [-0.2, -0.15) is 5.10 Å². The minimum absolute atomic E-state index is 0.0206. The van der Waals surface area contributed by atoms with E-state index in [-0.39, 0.29) is 5.91 Å². The van der Waals surface area contributed by atoms with Crippen LogP contribution in [0.5, 0.6) is 0 Å². The molecule has 0 aromatic carbocycles. The first-order valence-electron chi connectivity index (χ1n) is 7.35. The lowest BCUT2D eigenvalue weighted by Crippen LogP contribution is -2.29. The lowest BCUT2D eigenvalue weighted by Gasteiger charge is -2.16. The molecule has 22 heavy (non-hydrogen) atoms. The Labute approximate surface area is 138 Å². The highest BCUT2D eigenvalue weighted by atomic mass is 35.5. The second-order valence-corrected chi connectivity index (χ2v) is 7.04. The smallest absolute Gasteiger partial charge is 0.257 e. The van der Waals surface area contributed by atoms with Crippen molar-refractivity contribution in [3.8, 4) is 10.6 Å². The number of hydrogen-bond donors (Lipinski definition) is 1. The molecule has 1 amide bonds. The summed E-state index contributed by atoms with van der Waals surface area (Å²) in [7, 11) is 0. The quantitative estimate of drug-likeness (QED) is 0.909. The van der Waals surface area contributed by atoms with Crippen molar-refractivity contribution in [1.82, 2.24) is 15.1 Å². The first kappa shape index (κ1) is 15.5. The molecule has 0 bridgehead atoms. The molecule has 0 aliphatic carbocycles. The summed E-state index contributed by atoms with van der Waals surface area (Å²) < 4.78 is 6.16. The molecule has 1 aliphatic heterocycles. The molecule has 3 rings (SSSR count). The molecule has 7 heteroatoms. The van der Waals surface area contributed by atoms with Crippen molar-refractivity contribution < 1.29 is 9.53 Å². The molecule has 0 radical (unpaired) electrons. The van der Waals surface area contributed by atoms with E-state index in [2.05, 4.69) is 10.2 Å². The van der Waals surface area contributed by atoms with Gasteiger partial charge in [0.1, 0.15) is 0 Å². The number of rotatable bonds is 5. The van der Waals surface area contributed by atoms with E-state index in [4.69, 9.17) is 16.3 Å². The van der Waals surface area contributed by atoms with Gasteiger partial charge < -0.3 is 9.64 Å². The van der Waals surface area contributed by atoms with Crippen molar-refractivity contribution in [3.05, 3.63) is 28.2 Å². The molecule has 1 unspecified atom stereocenters. The van der Waals surface area contributed by atoms with Crippen molar-refractivity contribution in [2.75, 3.05) is 26.3 Å². The van der Waals surface area contributed by atoms with Crippen LogP contribution in [-0.2, 0) is 4.74 Å². The first-order valence-corrected chi connectivity index (χ1v) is 8.54. The van der Waals surface area contributed by atoms with Crippen molar-refractivity contribution in [2.24, 2.45) is 5.92 Å². The number of thiophene rings is 1. The zero-order chi connectivity index (χ0) is 15.5. The minimum Gasteiger partial charge on any atom is -0.381 e. The maximum Gasteiger partial charge on any atom is 0.257 e. The van der Waals surface area contributed by atoms with E-state index in [0.29, 0.717) is 15.8 Å². The van der Waals surface area contributed by atoms with Gasteiger partial charge in [0.05, 0.1) is 33.3 Å². The standard InChI is InChI=1S/C15H18ClN3O2S/c1-2-21-9-10-5-6-19(8-10)15(20)11-7-17-18-14(11)12-3-4-13(16)22-12/h3-4,7,10H,2,5-6,8-9H2,1H3,(H,17,18). The van der Waals surface area contributed by atoms with Crippen LogP contribution in [0.2, 0.25) is 4.34 Å². The Morgan fingerprint density at radius 1 is 1.59 bits per heavy atom. The Balaban J connectivity index is 1.73. The van der Waals surface area contributed by atoms with E-state index in [9.17, 15) is 4.79 Å². The van der Waals surface area contributed by atoms with E-state index < -0.39 is 0 Å². The topological polar surface area (TPSA) is 58.2 Å². The number of nitrogens with zero attached hydrogens (tertiary/aromatic N) is 2. The van der Waals surface area contributed by atoms with Crippen molar-refractivity contribution in [1.29, 1.82) is 0 Å². The van der Waals surface area contributed by atoms with Crippen LogP contribution in [0, 0.1) is 5.92 Å². The van der Waals surface area contributed by atoms with Crippen LogP contribution in [-0.4, -0.2) is 47.3 Å². The van der Waals surface area contributed by atoms with Crippen molar-refractivity contribution >= 4 is 28.8 Å². The van der Waals surface area contributed by atoms with E-state index in [1.54, 1.807) is 6.20 Å². The number of carbonyl (C=O) groups excluding carboxylic acids is 1. The fourth-order valence-corrected chi connectivity index (χ4v) is 3.75. The minimum atomic E-state index is 0.0206. The normalized spacial score (nSPS) is 18.1. The predicted octanol–water partition coefficient (Wildman–Crippen LogP) is 3.29. The molecule has 2 aromatic rings. The van der Waals surface area contributed by atoms with Crippen LogP contribution in [0.4, 0.5) is 0 Å². The van der Waals surface area contributed by atoms with Gasteiger partial charge in [-0.15, -0.1) is 11.3 Å². The van der Waals surface area contributed by atoms with Gasteiger partial charge in [-0.05, 0) is 25.5 Å². The summed E-state index contributed by atoms with van der Waals surface area (Å²) in [4.78, 5) is 15.5. The molecule has 1 atom stereocenters. The van der Waals surface area contributed by atoms with Gasteiger partial charge in [0.25, 0.3) is 5.91 Å². The number of aromatic nitrogens is 2. The summed E-state index contributed by atoms with van der Waals surface area (Å²) in [6.45, 7) is 4.94. The van der Waals surface area contributed by atoms with Crippen LogP contribution in [0.25, 0.3) is 10.6 Å². The van der Waals surface area contributed by atoms with Crippen molar-refractivity contribution in [2.45, 2.75) is 13.3 Å². The molecule has 5 nitrogen and oxygen atoms in total. The summed E-state index contributed by atoms with van der Waals surface area (Å²) in [6, 6.07) is 3.73. The van der Waals surface area contributed by atoms with Gasteiger partial charge in [-0.25, -0.2) is 0 Å². The van der Waals surface area contributed by atoms with Gasteiger partial charge >= 0.3 is 0 Å². The molecule has 1 aliphatic rings. The van der Waals surface area contributed by atoms with E-state index >= 15 is 0 Å². The van der Waals surface area contributed by atoms with Gasteiger partial charge in [-0.3, -0.25) is 9.89 Å². The summed E-state index contributed by atoms with van der Waals surface area (Å²) in [6.07, 6.45) is 2.59. The zero-order valence-corrected chi connectivity index (χ0v) is 13.9. The second kappa shape index (κ2) is 6.81. The third-order valence-electron chi connectivity index (χ3n) is 3.82. The van der Waals surface area contributed by atoms with Crippen LogP contribution in [0.15, 0.2) is 18.3 Å². The molecule has 0 saturated carbocycles. The molecule has 1 N–H and O–H groups in total. The molecule has 0 spiro atoms. The predicted molar refractivity (Wildman–Crippen MR) is 87.4 cm³/mol. The maximum atomic E-state index is 12.7. The highest BCUT2D eigenvalue weighted by Gasteiger charge is 2.29. The summed E-state index contributed by atoms with van der Waals surface area (Å²) in [5.41, 5.74) is 1.35. The van der Waals surface area contributed by atoms with E-state index in [1.165, 1.54) is 11.3 Å². The van der Waals surface area contributed by atoms with Crippen molar-refractivity contribution in [3.63, 3.8) is 0 Å². The van der Waals surface area contributed by atoms with Crippen LogP contribution in [0.3, 0.4) is 0 Å². The molecular formula is C15H18ClN3O2S. The molecule has 3 heterocycles. The summed E-state index contributed by atoms with van der Waals surface area (Å²) >= 11 is 7.41. The largest absolute Gasteiger partial charge is 0.381 e. The highest BCUT2D eigenvalue weighted by Crippen LogP contribution is 2.32. The Morgan fingerprint density at radius 3 is 3.18 bits per heavy atom. The molecule has 118 valence electrons. The van der Waals surface area contributed by atoms with Gasteiger partial charge in [-0.1, -0.05) is 11.6 Å². The first-order chi connectivity index (χ1) is 10.7. The Bertz CT molecular complexity index is 655.